The van der Waals surface area contributed by atoms with Gasteiger partial charge in [0.25, 0.3) is 0 Å². The lowest BCUT2D eigenvalue weighted by Gasteiger charge is -2.03. The summed E-state index contributed by atoms with van der Waals surface area (Å²) in [4.78, 5) is 16.7. The number of ether oxygens (including phenoxy) is 1. The van der Waals surface area contributed by atoms with Gasteiger partial charge in [-0.25, -0.2) is 4.98 Å². The Kier molecular flexibility index (Phi) is 5.49. The lowest BCUT2D eigenvalue weighted by Crippen LogP contribution is -2.07. The molecule has 2 aromatic carbocycles. The predicted molar refractivity (Wildman–Crippen MR) is 108 cm³/mol. The van der Waals surface area contributed by atoms with Crippen LogP contribution in [0.4, 0.5) is 5.13 Å². The Bertz CT molecular complexity index is 960. The fourth-order valence-corrected chi connectivity index (χ4v) is 3.20. The highest BCUT2D eigenvalue weighted by Crippen LogP contribution is 2.26. The first kappa shape index (κ1) is 17.9. The first-order valence-corrected chi connectivity index (χ1v) is 9.10. The number of amides is 1. The minimum absolute atomic E-state index is 0.225. The lowest BCUT2D eigenvalue weighted by molar-refractivity contribution is -0.111. The monoisotopic (exact) mass is 364 g/mol. The summed E-state index contributed by atoms with van der Waals surface area (Å²) >= 11 is 1.41. The highest BCUT2D eigenvalue weighted by molar-refractivity contribution is 7.14. The molecule has 0 saturated carbocycles. The Hall–Kier alpha value is -2.92. The van der Waals surface area contributed by atoms with Gasteiger partial charge in [-0.1, -0.05) is 30.3 Å². The van der Waals surface area contributed by atoms with Gasteiger partial charge in [0.2, 0.25) is 5.91 Å². The Labute approximate surface area is 157 Å². The number of anilines is 1. The summed E-state index contributed by atoms with van der Waals surface area (Å²) in [6.45, 7) is 4.16. The SMILES string of the molecule is COc1ccccc1/C=C/C(=O)Nc1nc(-c2ccc(C)c(C)c2)cs1. The zero-order chi connectivity index (χ0) is 18.5. The number of thiazole rings is 1. The van der Waals surface area contributed by atoms with Crippen molar-refractivity contribution in [1.82, 2.24) is 4.98 Å². The molecule has 0 aliphatic heterocycles. The van der Waals surface area contributed by atoms with Gasteiger partial charge in [-0.15, -0.1) is 11.3 Å². The number of carbonyl (C=O) groups is 1. The Morgan fingerprint density at radius 3 is 2.73 bits per heavy atom. The van der Waals surface area contributed by atoms with Crippen LogP contribution in [0.5, 0.6) is 5.75 Å². The van der Waals surface area contributed by atoms with Gasteiger partial charge in [0.1, 0.15) is 5.75 Å². The molecule has 0 fully saturated rings. The molecule has 0 unspecified atom stereocenters. The van der Waals surface area contributed by atoms with E-state index in [1.54, 1.807) is 13.2 Å². The van der Waals surface area contributed by atoms with E-state index < -0.39 is 0 Å². The van der Waals surface area contributed by atoms with Crippen molar-refractivity contribution in [3.05, 3.63) is 70.6 Å². The fraction of sp³-hybridized carbons (Fsp3) is 0.143. The van der Waals surface area contributed by atoms with E-state index in [-0.39, 0.29) is 5.91 Å². The molecule has 0 bridgehead atoms. The molecule has 0 saturated heterocycles. The Balaban J connectivity index is 1.69. The Morgan fingerprint density at radius 2 is 1.96 bits per heavy atom. The van der Waals surface area contributed by atoms with Crippen molar-refractivity contribution in [2.24, 2.45) is 0 Å². The van der Waals surface area contributed by atoms with Crippen molar-refractivity contribution in [2.75, 3.05) is 12.4 Å². The van der Waals surface area contributed by atoms with Crippen molar-refractivity contribution in [3.8, 4) is 17.0 Å². The number of hydrogen-bond acceptors (Lipinski definition) is 4. The highest BCUT2D eigenvalue weighted by atomic mass is 32.1. The van der Waals surface area contributed by atoms with E-state index in [2.05, 4.69) is 36.3 Å². The zero-order valence-electron chi connectivity index (χ0n) is 14.9. The third kappa shape index (κ3) is 4.18. The second-order valence-electron chi connectivity index (χ2n) is 5.90. The van der Waals surface area contributed by atoms with Crippen LogP contribution in [0.25, 0.3) is 17.3 Å². The summed E-state index contributed by atoms with van der Waals surface area (Å²) in [5.41, 5.74) is 5.23. The van der Waals surface area contributed by atoms with E-state index in [1.165, 1.54) is 28.5 Å². The minimum Gasteiger partial charge on any atom is -0.496 e. The Morgan fingerprint density at radius 1 is 1.15 bits per heavy atom. The number of rotatable bonds is 5. The van der Waals surface area contributed by atoms with Gasteiger partial charge in [0, 0.05) is 22.6 Å². The molecule has 5 heteroatoms. The summed E-state index contributed by atoms with van der Waals surface area (Å²) < 4.78 is 5.27. The number of hydrogen-bond donors (Lipinski definition) is 1. The molecule has 1 N–H and O–H groups in total. The maximum absolute atomic E-state index is 12.2. The maximum atomic E-state index is 12.2. The molecule has 0 atom stereocenters. The number of aromatic nitrogens is 1. The first-order chi connectivity index (χ1) is 12.6. The van der Waals surface area contributed by atoms with Crippen LogP contribution in [-0.4, -0.2) is 18.0 Å². The number of aryl methyl sites for hydroxylation is 2. The zero-order valence-corrected chi connectivity index (χ0v) is 15.8. The average Bonchev–Trinajstić information content (AvgIpc) is 3.11. The molecule has 1 amide bonds. The van der Waals surface area contributed by atoms with Crippen LogP contribution < -0.4 is 10.1 Å². The van der Waals surface area contributed by atoms with Crippen molar-refractivity contribution >= 4 is 28.5 Å². The number of benzene rings is 2. The molecule has 0 aliphatic rings. The molecule has 132 valence electrons. The number of nitrogens with one attached hydrogen (secondary N) is 1. The van der Waals surface area contributed by atoms with Gasteiger partial charge in [-0.2, -0.15) is 0 Å². The molecular weight excluding hydrogens is 344 g/mol. The van der Waals surface area contributed by atoms with Crippen LogP contribution in [0.1, 0.15) is 16.7 Å². The van der Waals surface area contributed by atoms with Gasteiger partial charge in [0.15, 0.2) is 5.13 Å². The molecule has 0 spiro atoms. The third-order valence-corrected chi connectivity index (χ3v) is 4.85. The molecule has 0 radical (unpaired) electrons. The van der Waals surface area contributed by atoms with Gasteiger partial charge < -0.3 is 4.74 Å². The van der Waals surface area contributed by atoms with E-state index in [9.17, 15) is 4.79 Å². The van der Waals surface area contributed by atoms with Crippen LogP contribution in [-0.2, 0) is 4.79 Å². The third-order valence-electron chi connectivity index (χ3n) is 4.09. The van der Waals surface area contributed by atoms with Gasteiger partial charge in [-0.05, 0) is 43.2 Å². The quantitative estimate of drug-likeness (QED) is 0.642. The minimum atomic E-state index is -0.225. The summed E-state index contributed by atoms with van der Waals surface area (Å²) in [6, 6.07) is 13.8. The van der Waals surface area contributed by atoms with E-state index in [1.807, 2.05) is 35.7 Å². The molecule has 0 aliphatic carbocycles. The van der Waals surface area contributed by atoms with Crippen LogP contribution in [0.15, 0.2) is 53.9 Å². The van der Waals surface area contributed by atoms with Crippen molar-refractivity contribution in [3.63, 3.8) is 0 Å². The molecule has 4 nitrogen and oxygen atoms in total. The van der Waals surface area contributed by atoms with Crippen LogP contribution in [0.2, 0.25) is 0 Å². The first-order valence-electron chi connectivity index (χ1n) is 8.22. The van der Waals surface area contributed by atoms with Crippen LogP contribution in [0.3, 0.4) is 0 Å². The summed E-state index contributed by atoms with van der Waals surface area (Å²) in [7, 11) is 1.61. The second kappa shape index (κ2) is 7.97. The number of para-hydroxylation sites is 1. The van der Waals surface area contributed by atoms with Gasteiger partial charge in [-0.3, -0.25) is 10.1 Å². The number of carbonyl (C=O) groups excluding carboxylic acids is 1. The van der Waals surface area contributed by atoms with Crippen LogP contribution >= 0.6 is 11.3 Å². The molecule has 1 aromatic heterocycles. The van der Waals surface area contributed by atoms with Crippen LogP contribution in [0, 0.1) is 13.8 Å². The second-order valence-corrected chi connectivity index (χ2v) is 6.76. The standard InChI is InChI=1S/C21H20N2O2S/c1-14-8-9-17(12-15(14)2)18-13-26-21(22-18)23-20(24)11-10-16-6-4-5-7-19(16)25-3/h4-13H,1-3H3,(H,22,23,24)/b11-10+. The smallest absolute Gasteiger partial charge is 0.250 e. The number of methoxy groups -OCH3 is 1. The fourth-order valence-electron chi connectivity index (χ4n) is 2.48. The molecule has 3 rings (SSSR count). The normalized spacial score (nSPS) is 10.9. The molecule has 3 aromatic rings. The molecular formula is C21H20N2O2S. The molecule has 26 heavy (non-hydrogen) atoms. The topological polar surface area (TPSA) is 51.2 Å². The van der Waals surface area contributed by atoms with Crippen molar-refractivity contribution < 1.29 is 9.53 Å². The van der Waals surface area contributed by atoms with E-state index in [0.29, 0.717) is 5.13 Å². The van der Waals surface area contributed by atoms with E-state index in [4.69, 9.17) is 4.74 Å². The largest absolute Gasteiger partial charge is 0.496 e. The summed E-state index contributed by atoms with van der Waals surface area (Å²) in [6.07, 6.45) is 3.21. The maximum Gasteiger partial charge on any atom is 0.250 e. The van der Waals surface area contributed by atoms with E-state index >= 15 is 0 Å². The molecule has 1 heterocycles. The average molecular weight is 364 g/mol. The predicted octanol–water partition coefficient (Wildman–Crippen LogP) is 5.09. The van der Waals surface area contributed by atoms with Gasteiger partial charge >= 0.3 is 0 Å². The summed E-state index contributed by atoms with van der Waals surface area (Å²) in [5.74, 6) is 0.500. The van der Waals surface area contributed by atoms with Crippen molar-refractivity contribution in [1.29, 1.82) is 0 Å². The number of nitrogens with zero attached hydrogens (tertiary/aromatic N) is 1. The van der Waals surface area contributed by atoms with Crippen molar-refractivity contribution in [2.45, 2.75) is 13.8 Å². The van der Waals surface area contributed by atoms with E-state index in [0.717, 1.165) is 22.6 Å². The summed E-state index contributed by atoms with van der Waals surface area (Å²) in [5, 5.41) is 5.33. The lowest BCUT2D eigenvalue weighted by atomic mass is 10.1. The van der Waals surface area contributed by atoms with Gasteiger partial charge in [0.05, 0.1) is 12.8 Å². The highest BCUT2D eigenvalue weighted by Gasteiger charge is 2.07.